The smallest absolute Gasteiger partial charge is 0.251 e. The lowest BCUT2D eigenvalue weighted by molar-refractivity contribution is 0.0934. The van der Waals surface area contributed by atoms with Crippen LogP contribution in [0.4, 0.5) is 0 Å². The van der Waals surface area contributed by atoms with Crippen molar-refractivity contribution in [2.75, 3.05) is 13.1 Å². The van der Waals surface area contributed by atoms with Crippen LogP contribution in [0.15, 0.2) is 24.5 Å². The van der Waals surface area contributed by atoms with E-state index >= 15 is 0 Å². The van der Waals surface area contributed by atoms with Crippen LogP contribution < -0.4 is 10.6 Å². The molecule has 4 heteroatoms. The van der Waals surface area contributed by atoms with Crippen molar-refractivity contribution in [2.24, 2.45) is 0 Å². The first-order chi connectivity index (χ1) is 7.86. The average Bonchev–Trinajstić information content (AvgIpc) is 2.59. The van der Waals surface area contributed by atoms with Crippen molar-refractivity contribution in [3.8, 4) is 0 Å². The van der Waals surface area contributed by atoms with Gasteiger partial charge in [0.05, 0.1) is 0 Å². The van der Waals surface area contributed by atoms with Gasteiger partial charge in [-0.3, -0.25) is 9.78 Å². The molecule has 1 aromatic heterocycles. The average molecular weight is 219 g/mol. The molecule has 0 saturated carbocycles. The molecule has 1 unspecified atom stereocenters. The Bertz CT molecular complexity index is 331. The number of aromatic nitrogens is 1. The standard InChI is InChI=1S/C12H17N3O/c16-12(10-3-7-14-8-4-10)15-11-2-1-6-13-9-5-11/h3-4,7-8,11,13H,1-2,5-6,9H2,(H,15,16). The van der Waals surface area contributed by atoms with Crippen molar-refractivity contribution in [1.82, 2.24) is 15.6 Å². The molecule has 1 aliphatic rings. The van der Waals surface area contributed by atoms with Gasteiger partial charge < -0.3 is 10.6 Å². The van der Waals surface area contributed by atoms with Gasteiger partial charge in [-0.2, -0.15) is 0 Å². The van der Waals surface area contributed by atoms with Crippen molar-refractivity contribution in [3.63, 3.8) is 0 Å². The summed E-state index contributed by atoms with van der Waals surface area (Å²) in [5.41, 5.74) is 0.687. The van der Waals surface area contributed by atoms with Crippen molar-refractivity contribution in [1.29, 1.82) is 0 Å². The minimum atomic E-state index is 0.00861. The molecule has 86 valence electrons. The van der Waals surface area contributed by atoms with E-state index in [0.29, 0.717) is 11.6 Å². The number of carbonyl (C=O) groups excluding carboxylic acids is 1. The van der Waals surface area contributed by atoms with Crippen LogP contribution in [0.3, 0.4) is 0 Å². The zero-order valence-corrected chi connectivity index (χ0v) is 9.28. The first-order valence-corrected chi connectivity index (χ1v) is 5.78. The maximum absolute atomic E-state index is 11.9. The van der Waals surface area contributed by atoms with Gasteiger partial charge in [0.2, 0.25) is 0 Å². The number of nitrogens with zero attached hydrogens (tertiary/aromatic N) is 1. The van der Waals surface area contributed by atoms with Crippen LogP contribution in [-0.2, 0) is 0 Å². The van der Waals surface area contributed by atoms with Gasteiger partial charge in [-0.25, -0.2) is 0 Å². The van der Waals surface area contributed by atoms with Gasteiger partial charge in [0.25, 0.3) is 5.91 Å². The normalized spacial score (nSPS) is 21.1. The Morgan fingerprint density at radius 3 is 2.94 bits per heavy atom. The second kappa shape index (κ2) is 5.61. The quantitative estimate of drug-likeness (QED) is 0.778. The highest BCUT2D eigenvalue weighted by molar-refractivity contribution is 5.94. The van der Waals surface area contributed by atoms with E-state index in [1.54, 1.807) is 24.5 Å². The summed E-state index contributed by atoms with van der Waals surface area (Å²) in [6, 6.07) is 3.78. The van der Waals surface area contributed by atoms with E-state index in [4.69, 9.17) is 0 Å². The highest BCUT2D eigenvalue weighted by Crippen LogP contribution is 2.06. The van der Waals surface area contributed by atoms with Gasteiger partial charge in [0.1, 0.15) is 0 Å². The van der Waals surface area contributed by atoms with Gasteiger partial charge in [0, 0.05) is 24.0 Å². The van der Waals surface area contributed by atoms with Crippen LogP contribution in [0.1, 0.15) is 29.6 Å². The van der Waals surface area contributed by atoms with E-state index in [1.165, 1.54) is 0 Å². The molecule has 1 amide bonds. The van der Waals surface area contributed by atoms with Crippen molar-refractivity contribution >= 4 is 5.91 Å². The Hall–Kier alpha value is -1.42. The molecule has 2 heterocycles. The van der Waals surface area contributed by atoms with Crippen LogP contribution in [0, 0.1) is 0 Å². The summed E-state index contributed by atoms with van der Waals surface area (Å²) in [4.78, 5) is 15.8. The third kappa shape index (κ3) is 3.03. The summed E-state index contributed by atoms with van der Waals surface area (Å²) in [5, 5.41) is 6.40. The molecule has 0 aliphatic carbocycles. The fourth-order valence-electron chi connectivity index (χ4n) is 1.94. The van der Waals surface area contributed by atoms with E-state index in [-0.39, 0.29) is 5.91 Å². The van der Waals surface area contributed by atoms with Gasteiger partial charge in [0.15, 0.2) is 0 Å². The van der Waals surface area contributed by atoms with Crippen LogP contribution in [0.25, 0.3) is 0 Å². The highest BCUT2D eigenvalue weighted by atomic mass is 16.1. The Labute approximate surface area is 95.5 Å². The predicted molar refractivity (Wildman–Crippen MR) is 62.2 cm³/mol. The maximum atomic E-state index is 11.9. The molecule has 2 N–H and O–H groups in total. The molecule has 16 heavy (non-hydrogen) atoms. The van der Waals surface area contributed by atoms with E-state index < -0.39 is 0 Å². The van der Waals surface area contributed by atoms with Gasteiger partial charge >= 0.3 is 0 Å². The van der Waals surface area contributed by atoms with Gasteiger partial charge in [-0.15, -0.1) is 0 Å². The molecule has 0 aromatic carbocycles. The number of pyridine rings is 1. The number of hydrogen-bond acceptors (Lipinski definition) is 3. The Morgan fingerprint density at radius 1 is 1.31 bits per heavy atom. The van der Waals surface area contributed by atoms with E-state index in [1.807, 2.05) is 0 Å². The number of hydrogen-bond donors (Lipinski definition) is 2. The minimum absolute atomic E-state index is 0.00861. The molecule has 0 radical (unpaired) electrons. The molecule has 0 bridgehead atoms. The van der Waals surface area contributed by atoms with Crippen LogP contribution in [-0.4, -0.2) is 30.0 Å². The summed E-state index contributed by atoms with van der Waals surface area (Å²) in [5.74, 6) is 0.00861. The summed E-state index contributed by atoms with van der Waals surface area (Å²) in [6.07, 6.45) is 6.48. The van der Waals surface area contributed by atoms with Crippen molar-refractivity contribution in [3.05, 3.63) is 30.1 Å². The number of rotatable bonds is 2. The number of nitrogens with one attached hydrogen (secondary N) is 2. The second-order valence-corrected chi connectivity index (χ2v) is 4.09. The zero-order chi connectivity index (χ0) is 11.2. The molecule has 1 aromatic rings. The third-order valence-electron chi connectivity index (χ3n) is 2.85. The Morgan fingerprint density at radius 2 is 2.12 bits per heavy atom. The summed E-state index contributed by atoms with van der Waals surface area (Å²) < 4.78 is 0. The van der Waals surface area contributed by atoms with Crippen LogP contribution >= 0.6 is 0 Å². The van der Waals surface area contributed by atoms with Crippen molar-refractivity contribution < 1.29 is 4.79 Å². The predicted octanol–water partition coefficient (Wildman–Crippen LogP) is 0.953. The lowest BCUT2D eigenvalue weighted by Crippen LogP contribution is -2.35. The molecule has 2 rings (SSSR count). The van der Waals surface area contributed by atoms with E-state index in [9.17, 15) is 4.79 Å². The molecule has 1 atom stereocenters. The fourth-order valence-corrected chi connectivity index (χ4v) is 1.94. The molecular formula is C12H17N3O. The van der Waals surface area contributed by atoms with Gasteiger partial charge in [-0.1, -0.05) is 0 Å². The van der Waals surface area contributed by atoms with Crippen LogP contribution in [0.5, 0.6) is 0 Å². The van der Waals surface area contributed by atoms with E-state index in [2.05, 4.69) is 15.6 Å². The maximum Gasteiger partial charge on any atom is 0.251 e. The first-order valence-electron chi connectivity index (χ1n) is 5.78. The Balaban J connectivity index is 1.91. The molecule has 1 saturated heterocycles. The molecule has 4 nitrogen and oxygen atoms in total. The highest BCUT2D eigenvalue weighted by Gasteiger charge is 2.14. The molecule has 1 fully saturated rings. The summed E-state index contributed by atoms with van der Waals surface area (Å²) in [6.45, 7) is 2.04. The largest absolute Gasteiger partial charge is 0.349 e. The molecule has 0 spiro atoms. The minimum Gasteiger partial charge on any atom is -0.349 e. The monoisotopic (exact) mass is 219 g/mol. The van der Waals surface area contributed by atoms with Crippen LogP contribution in [0.2, 0.25) is 0 Å². The van der Waals surface area contributed by atoms with Crippen molar-refractivity contribution in [2.45, 2.75) is 25.3 Å². The first kappa shape index (κ1) is 11.1. The lowest BCUT2D eigenvalue weighted by atomic mass is 10.1. The third-order valence-corrected chi connectivity index (χ3v) is 2.85. The summed E-state index contributed by atoms with van der Waals surface area (Å²) in [7, 11) is 0. The lowest BCUT2D eigenvalue weighted by Gasteiger charge is -2.15. The molecule has 1 aliphatic heterocycles. The fraction of sp³-hybridized carbons (Fsp3) is 0.500. The SMILES string of the molecule is O=C(NC1CCCNCC1)c1ccncc1. The summed E-state index contributed by atoms with van der Waals surface area (Å²) >= 11 is 0. The van der Waals surface area contributed by atoms with E-state index in [0.717, 1.165) is 32.4 Å². The topological polar surface area (TPSA) is 54.0 Å². The number of amides is 1. The number of carbonyl (C=O) groups is 1. The van der Waals surface area contributed by atoms with Gasteiger partial charge in [-0.05, 0) is 44.5 Å². The zero-order valence-electron chi connectivity index (χ0n) is 9.28. The Kier molecular flexibility index (Phi) is 3.88. The molecular weight excluding hydrogens is 202 g/mol. The second-order valence-electron chi connectivity index (χ2n) is 4.09.